The van der Waals surface area contributed by atoms with E-state index in [1.807, 2.05) is 20.8 Å². The monoisotopic (exact) mass is 912 g/mol. The summed E-state index contributed by atoms with van der Waals surface area (Å²) in [5, 5.41) is 39.1. The summed E-state index contributed by atoms with van der Waals surface area (Å²) >= 11 is 0. The van der Waals surface area contributed by atoms with Crippen molar-refractivity contribution < 1.29 is 44.0 Å². The van der Waals surface area contributed by atoms with E-state index in [9.17, 15) is 34.2 Å². The van der Waals surface area contributed by atoms with E-state index in [0.29, 0.717) is 51.4 Å². The van der Waals surface area contributed by atoms with E-state index in [0.717, 1.165) is 34.1 Å². The molecular formula is C49H52N8O10. The highest BCUT2D eigenvalue weighted by Crippen LogP contribution is 2.41. The summed E-state index contributed by atoms with van der Waals surface area (Å²) in [5.41, 5.74) is 9.91. The zero-order valence-corrected chi connectivity index (χ0v) is 38.0. The number of aliphatic hydroxyl groups is 2. The molecule has 1 unspecified atom stereocenters. The van der Waals surface area contributed by atoms with E-state index in [1.54, 1.807) is 93.6 Å². The van der Waals surface area contributed by atoms with Gasteiger partial charge in [-0.1, -0.05) is 33.8 Å². The molecule has 18 nitrogen and oxygen atoms in total. The van der Waals surface area contributed by atoms with E-state index in [4.69, 9.17) is 30.7 Å². The Balaban J connectivity index is 0.00000300. The number of fused-ring (bicyclic) bond motifs is 6. The van der Waals surface area contributed by atoms with Crippen LogP contribution in [0, 0.1) is 5.41 Å². The number of piperazine rings is 1. The van der Waals surface area contributed by atoms with Crippen molar-refractivity contribution in [1.82, 2.24) is 23.9 Å². The van der Waals surface area contributed by atoms with Gasteiger partial charge in [0.15, 0.2) is 5.60 Å². The molecule has 0 bridgehead atoms. The number of hydrogen-bond donors (Lipinski definition) is 5. The lowest BCUT2D eigenvalue weighted by Crippen LogP contribution is -2.51. The Hall–Kier alpha value is -7.57. The number of ether oxygens (including phenoxy) is 2. The lowest BCUT2D eigenvalue weighted by molar-refractivity contribution is -0.172. The van der Waals surface area contributed by atoms with Gasteiger partial charge >= 0.3 is 18.1 Å². The largest absolute Gasteiger partial charge is 0.507 e. The molecule has 6 N–H and O–H groups in total. The van der Waals surface area contributed by atoms with Crippen molar-refractivity contribution in [2.75, 3.05) is 38.2 Å². The molecular weight excluding hydrogens is 861 g/mol. The Labute approximate surface area is 384 Å². The molecule has 1 saturated heterocycles. The van der Waals surface area contributed by atoms with Crippen molar-refractivity contribution in [3.05, 3.63) is 116 Å². The summed E-state index contributed by atoms with van der Waals surface area (Å²) in [6, 6.07) is 17.6. The fourth-order valence-electron chi connectivity index (χ4n) is 9.30. The number of pyridine rings is 2. The van der Waals surface area contributed by atoms with E-state index in [-0.39, 0.29) is 91.4 Å². The van der Waals surface area contributed by atoms with Gasteiger partial charge in [0, 0.05) is 67.8 Å². The number of amidine groups is 1. The molecule has 6 aromatic rings. The predicted molar refractivity (Wildman–Crippen MR) is 250 cm³/mol. The van der Waals surface area contributed by atoms with Gasteiger partial charge in [-0.3, -0.25) is 15.0 Å². The number of nitrogens with zero attached hydrogens (tertiary/aromatic N) is 6. The number of phenols is 1. The number of aliphatic hydroxyl groups excluding tert-OH is 1. The van der Waals surface area contributed by atoms with Crippen LogP contribution in [0.1, 0.15) is 83.9 Å². The van der Waals surface area contributed by atoms with Gasteiger partial charge in [-0.15, -0.1) is 0 Å². The van der Waals surface area contributed by atoms with Crippen molar-refractivity contribution >= 4 is 57.3 Å². The number of esters is 1. The minimum atomic E-state index is -1.93. The highest BCUT2D eigenvalue weighted by molar-refractivity contribution is 6.23. The average Bonchev–Trinajstić information content (AvgIpc) is 3.86. The summed E-state index contributed by atoms with van der Waals surface area (Å²) in [6.45, 7) is 8.60. The van der Waals surface area contributed by atoms with Crippen LogP contribution < -0.4 is 20.9 Å². The van der Waals surface area contributed by atoms with Gasteiger partial charge in [-0.05, 0) is 90.6 Å². The van der Waals surface area contributed by atoms with Crippen LogP contribution in [0.4, 0.5) is 15.3 Å². The minimum Gasteiger partial charge on any atom is -0.507 e. The molecule has 0 spiro atoms. The van der Waals surface area contributed by atoms with Crippen molar-refractivity contribution in [1.29, 1.82) is 5.41 Å². The number of anilines is 1. The molecule has 3 aromatic carbocycles. The number of carbonyl (C=O) groups is 4. The normalized spacial score (nSPS) is 16.2. The minimum absolute atomic E-state index is 0.0428. The standard InChI is InChI=1S/C48H48N8O9.CH4O/c1-6-30-31-21-29(10-11-36(31)51-41-33(30)23-55-38(41)22-35-34(43(55)58)24-64-45(60)48(35,63)7-2)65-47(62)54-16-14-53(15-17-54)44(59)39-20-27-18-28(9-12-37(27)52(39)5)56(46(50)61)42(49)32-19-26(25(3)4)8-13-40(32)57;1-2/h8-13,18-22,25,49,57,63H,6-7,14-17,23-24H2,1-5H3,(H2,50,61);2H,1H3. The van der Waals surface area contributed by atoms with Crippen LogP contribution in [0.25, 0.3) is 33.2 Å². The van der Waals surface area contributed by atoms with Crippen LogP contribution in [0.15, 0.2) is 71.5 Å². The number of urea groups is 1. The van der Waals surface area contributed by atoms with Crippen LogP contribution >= 0.6 is 0 Å². The van der Waals surface area contributed by atoms with Crippen LogP contribution in [-0.4, -0.2) is 102 Å². The maximum atomic E-state index is 13.9. The zero-order valence-electron chi connectivity index (χ0n) is 38.0. The fourth-order valence-corrected chi connectivity index (χ4v) is 9.30. The second-order valence-corrected chi connectivity index (χ2v) is 17.0. The maximum Gasteiger partial charge on any atom is 0.415 e. The topological polar surface area (TPSA) is 247 Å². The third kappa shape index (κ3) is 7.70. The lowest BCUT2D eigenvalue weighted by Gasteiger charge is -2.34. The quantitative estimate of drug-likeness (QED) is 0.0766. The van der Waals surface area contributed by atoms with E-state index in [2.05, 4.69) is 0 Å². The number of hydrogen-bond acceptors (Lipinski definition) is 12. The first-order valence-electron chi connectivity index (χ1n) is 22.0. The molecule has 3 aliphatic heterocycles. The fraction of sp³-hybridized carbons (Fsp3) is 0.327. The van der Waals surface area contributed by atoms with Crippen LogP contribution in [0.3, 0.4) is 0 Å². The van der Waals surface area contributed by atoms with Gasteiger partial charge in [-0.2, -0.15) is 0 Å². The number of aromatic nitrogens is 3. The molecule has 1 atom stereocenters. The molecule has 0 aliphatic carbocycles. The Morgan fingerprint density at radius 2 is 1.67 bits per heavy atom. The Bertz CT molecular complexity index is 3110. The number of carbonyl (C=O) groups excluding carboxylic acids is 4. The predicted octanol–water partition coefficient (Wildman–Crippen LogP) is 5.44. The first-order valence-corrected chi connectivity index (χ1v) is 22.0. The van der Waals surface area contributed by atoms with Crippen molar-refractivity contribution in [3.8, 4) is 22.9 Å². The molecule has 0 radical (unpaired) electrons. The number of phenolic OH excluding ortho intramolecular Hbond substituents is 1. The number of nitrogens with one attached hydrogen (secondary N) is 1. The molecule has 9 rings (SSSR count). The molecule has 1 fully saturated rings. The van der Waals surface area contributed by atoms with Crippen molar-refractivity contribution in [2.45, 2.75) is 65.2 Å². The number of aromatic hydroxyl groups is 1. The van der Waals surface area contributed by atoms with Crippen LogP contribution in [-0.2, 0) is 41.8 Å². The smallest absolute Gasteiger partial charge is 0.415 e. The Morgan fingerprint density at radius 1 is 0.955 bits per heavy atom. The molecule has 67 heavy (non-hydrogen) atoms. The van der Waals surface area contributed by atoms with Gasteiger partial charge in [0.1, 0.15) is 29.6 Å². The van der Waals surface area contributed by atoms with E-state index < -0.39 is 23.7 Å². The third-order valence-corrected chi connectivity index (χ3v) is 13.1. The summed E-state index contributed by atoms with van der Waals surface area (Å²) < 4.78 is 14.4. The van der Waals surface area contributed by atoms with E-state index >= 15 is 0 Å². The lowest BCUT2D eigenvalue weighted by atomic mass is 9.86. The summed E-state index contributed by atoms with van der Waals surface area (Å²) in [5.74, 6) is -1.06. The molecule has 348 valence electrons. The molecule has 3 aliphatic rings. The van der Waals surface area contributed by atoms with Crippen molar-refractivity contribution in [2.24, 2.45) is 12.8 Å². The number of benzene rings is 3. The van der Waals surface area contributed by atoms with Crippen LogP contribution in [0.5, 0.6) is 11.5 Å². The van der Waals surface area contributed by atoms with Gasteiger partial charge < -0.3 is 49.5 Å². The maximum absolute atomic E-state index is 13.9. The Kier molecular flexibility index (Phi) is 12.1. The van der Waals surface area contributed by atoms with Crippen LogP contribution in [0.2, 0.25) is 0 Å². The van der Waals surface area contributed by atoms with Gasteiger partial charge in [0.25, 0.3) is 11.5 Å². The third-order valence-electron chi connectivity index (χ3n) is 13.1. The molecule has 18 heteroatoms. The molecule has 3 aromatic heterocycles. The number of rotatable bonds is 7. The van der Waals surface area contributed by atoms with Gasteiger partial charge in [0.05, 0.1) is 40.3 Å². The first kappa shape index (κ1) is 46.0. The van der Waals surface area contributed by atoms with Gasteiger partial charge in [0.2, 0.25) is 0 Å². The summed E-state index contributed by atoms with van der Waals surface area (Å²) in [7, 11) is 2.76. The second kappa shape index (κ2) is 17.7. The number of amides is 4. The SMILES string of the molecule is CCc1c2c(nc3ccc(OC(=O)N4CCN(C(=O)c5cc6cc(N(C(=N)c7cc(C(C)C)ccc7O)C(N)=O)ccc6n5C)CC4)cc13)-c1cc3c(c(=O)n1C2)COC(=O)C3(O)CC.CO. The van der Waals surface area contributed by atoms with Gasteiger partial charge in [-0.25, -0.2) is 24.3 Å². The van der Waals surface area contributed by atoms with E-state index in [1.165, 1.54) is 6.07 Å². The first-order chi connectivity index (χ1) is 32.0. The Morgan fingerprint density at radius 3 is 2.34 bits per heavy atom. The number of aryl methyl sites for hydroxylation is 2. The zero-order chi connectivity index (χ0) is 48.2. The number of primary amides is 1. The summed E-state index contributed by atoms with van der Waals surface area (Å²) in [4.78, 5) is 75.8. The number of nitrogens with two attached hydrogens (primary N) is 1. The molecule has 4 amide bonds. The molecule has 6 heterocycles. The average molecular weight is 913 g/mol. The van der Waals surface area contributed by atoms with Crippen molar-refractivity contribution in [3.63, 3.8) is 0 Å². The molecule has 0 saturated carbocycles. The second-order valence-electron chi connectivity index (χ2n) is 17.0. The highest BCUT2D eigenvalue weighted by atomic mass is 16.6. The highest BCUT2D eigenvalue weighted by Gasteiger charge is 2.45. The summed E-state index contributed by atoms with van der Waals surface area (Å²) in [6.07, 6.45) is 0.0610. The number of cyclic esters (lactones) is 1.